The highest BCUT2D eigenvalue weighted by Gasteiger charge is 2.14. The van der Waals surface area contributed by atoms with Crippen molar-refractivity contribution >= 4 is 0 Å². The van der Waals surface area contributed by atoms with Crippen LogP contribution in [0.4, 0.5) is 4.39 Å². The lowest BCUT2D eigenvalue weighted by molar-refractivity contribution is 0.602. The molecule has 88 valence electrons. The van der Waals surface area contributed by atoms with Crippen LogP contribution in [0.5, 0.6) is 0 Å². The van der Waals surface area contributed by atoms with E-state index in [4.69, 9.17) is 5.84 Å². The van der Waals surface area contributed by atoms with Crippen LogP contribution in [0, 0.1) is 12.7 Å². The Morgan fingerprint density at radius 3 is 2.59 bits per heavy atom. The number of hydrogen-bond donors (Lipinski definition) is 2. The summed E-state index contributed by atoms with van der Waals surface area (Å²) in [6.45, 7) is 1.93. The maximum atomic E-state index is 13.3. The molecular formula is C13H14FN3. The van der Waals surface area contributed by atoms with E-state index in [1.54, 1.807) is 18.5 Å². The summed E-state index contributed by atoms with van der Waals surface area (Å²) in [6.07, 6.45) is 3.38. The minimum atomic E-state index is -0.264. The van der Waals surface area contributed by atoms with Gasteiger partial charge in [0.1, 0.15) is 5.82 Å². The van der Waals surface area contributed by atoms with Gasteiger partial charge in [-0.3, -0.25) is 10.8 Å². The number of benzene rings is 1. The summed E-state index contributed by atoms with van der Waals surface area (Å²) in [4.78, 5) is 3.95. The minimum Gasteiger partial charge on any atom is -0.271 e. The topological polar surface area (TPSA) is 50.9 Å². The average Bonchev–Trinajstić information content (AvgIpc) is 2.36. The summed E-state index contributed by atoms with van der Waals surface area (Å²) in [7, 11) is 0. The van der Waals surface area contributed by atoms with Gasteiger partial charge in [0.15, 0.2) is 0 Å². The SMILES string of the molecule is Cc1ccc(F)cc1C(NN)c1ccncc1. The van der Waals surface area contributed by atoms with E-state index in [2.05, 4.69) is 10.4 Å². The zero-order chi connectivity index (χ0) is 12.3. The summed E-state index contributed by atoms with van der Waals surface area (Å²) >= 11 is 0. The van der Waals surface area contributed by atoms with Crippen LogP contribution in [0.3, 0.4) is 0 Å². The maximum absolute atomic E-state index is 13.3. The Morgan fingerprint density at radius 1 is 1.24 bits per heavy atom. The van der Waals surface area contributed by atoms with Gasteiger partial charge in [0.05, 0.1) is 6.04 Å². The van der Waals surface area contributed by atoms with E-state index in [9.17, 15) is 4.39 Å². The van der Waals surface area contributed by atoms with Gasteiger partial charge in [-0.2, -0.15) is 0 Å². The quantitative estimate of drug-likeness (QED) is 0.628. The van der Waals surface area contributed by atoms with Crippen molar-refractivity contribution in [3.63, 3.8) is 0 Å². The van der Waals surface area contributed by atoms with Gasteiger partial charge in [-0.25, -0.2) is 9.82 Å². The van der Waals surface area contributed by atoms with E-state index in [0.717, 1.165) is 16.7 Å². The van der Waals surface area contributed by atoms with E-state index >= 15 is 0 Å². The molecule has 0 aliphatic carbocycles. The molecule has 1 aromatic heterocycles. The van der Waals surface area contributed by atoms with E-state index in [1.165, 1.54) is 12.1 Å². The lowest BCUT2D eigenvalue weighted by Crippen LogP contribution is -2.29. The molecule has 0 saturated carbocycles. The van der Waals surface area contributed by atoms with E-state index in [1.807, 2.05) is 19.1 Å². The highest BCUT2D eigenvalue weighted by Crippen LogP contribution is 2.24. The molecule has 1 heterocycles. The zero-order valence-electron chi connectivity index (χ0n) is 9.52. The van der Waals surface area contributed by atoms with Crippen molar-refractivity contribution in [2.24, 2.45) is 5.84 Å². The number of rotatable bonds is 3. The number of aromatic nitrogens is 1. The summed E-state index contributed by atoms with van der Waals surface area (Å²) in [6, 6.07) is 8.17. The van der Waals surface area contributed by atoms with Crippen molar-refractivity contribution in [1.82, 2.24) is 10.4 Å². The van der Waals surface area contributed by atoms with Gasteiger partial charge in [0, 0.05) is 12.4 Å². The molecule has 0 radical (unpaired) electrons. The van der Waals surface area contributed by atoms with Gasteiger partial charge in [0.25, 0.3) is 0 Å². The van der Waals surface area contributed by atoms with Crippen LogP contribution in [-0.2, 0) is 0 Å². The molecule has 0 aliphatic heterocycles. The molecular weight excluding hydrogens is 217 g/mol. The Kier molecular flexibility index (Phi) is 3.46. The average molecular weight is 231 g/mol. The minimum absolute atomic E-state index is 0.228. The van der Waals surface area contributed by atoms with Crippen molar-refractivity contribution in [3.8, 4) is 0 Å². The second kappa shape index (κ2) is 5.03. The predicted octanol–water partition coefficient (Wildman–Crippen LogP) is 2.08. The molecule has 3 nitrogen and oxygen atoms in total. The lowest BCUT2D eigenvalue weighted by Gasteiger charge is -2.18. The Hall–Kier alpha value is -1.78. The van der Waals surface area contributed by atoms with Crippen LogP contribution in [0.15, 0.2) is 42.7 Å². The number of pyridine rings is 1. The number of hydrogen-bond acceptors (Lipinski definition) is 3. The monoisotopic (exact) mass is 231 g/mol. The fourth-order valence-electron chi connectivity index (χ4n) is 1.84. The fourth-order valence-corrected chi connectivity index (χ4v) is 1.84. The van der Waals surface area contributed by atoms with E-state index < -0.39 is 0 Å². The van der Waals surface area contributed by atoms with E-state index in [-0.39, 0.29) is 11.9 Å². The molecule has 0 saturated heterocycles. The summed E-state index contributed by atoms with van der Waals surface area (Å²) in [5.74, 6) is 5.30. The smallest absolute Gasteiger partial charge is 0.123 e. The number of hydrazine groups is 1. The third kappa shape index (κ3) is 2.49. The highest BCUT2D eigenvalue weighted by molar-refractivity contribution is 5.36. The Labute approximate surface area is 99.5 Å². The lowest BCUT2D eigenvalue weighted by atomic mass is 9.96. The number of nitrogens with one attached hydrogen (secondary N) is 1. The molecule has 0 bridgehead atoms. The van der Waals surface area contributed by atoms with Crippen molar-refractivity contribution in [2.75, 3.05) is 0 Å². The van der Waals surface area contributed by atoms with Crippen LogP contribution in [0.2, 0.25) is 0 Å². The Balaban J connectivity index is 2.46. The summed E-state index contributed by atoms with van der Waals surface area (Å²) in [5.41, 5.74) is 5.49. The van der Waals surface area contributed by atoms with Crippen LogP contribution < -0.4 is 11.3 Å². The van der Waals surface area contributed by atoms with Crippen molar-refractivity contribution in [3.05, 3.63) is 65.2 Å². The third-order valence-corrected chi connectivity index (χ3v) is 2.76. The first-order valence-electron chi connectivity index (χ1n) is 5.34. The predicted molar refractivity (Wildman–Crippen MR) is 64.5 cm³/mol. The number of aryl methyl sites for hydroxylation is 1. The maximum Gasteiger partial charge on any atom is 0.123 e. The van der Waals surface area contributed by atoms with Gasteiger partial charge >= 0.3 is 0 Å². The first kappa shape index (κ1) is 11.7. The molecule has 3 N–H and O–H groups in total. The van der Waals surface area contributed by atoms with Gasteiger partial charge < -0.3 is 0 Å². The van der Waals surface area contributed by atoms with Gasteiger partial charge in [-0.05, 0) is 47.9 Å². The zero-order valence-corrected chi connectivity index (χ0v) is 9.52. The summed E-state index contributed by atoms with van der Waals surface area (Å²) in [5, 5.41) is 0. The number of nitrogens with zero attached hydrogens (tertiary/aromatic N) is 1. The molecule has 1 unspecified atom stereocenters. The van der Waals surface area contributed by atoms with Crippen LogP contribution in [0.25, 0.3) is 0 Å². The van der Waals surface area contributed by atoms with Gasteiger partial charge in [-0.15, -0.1) is 0 Å². The number of halogens is 1. The molecule has 0 spiro atoms. The first-order valence-corrected chi connectivity index (χ1v) is 5.34. The van der Waals surface area contributed by atoms with Crippen LogP contribution >= 0.6 is 0 Å². The molecule has 4 heteroatoms. The molecule has 17 heavy (non-hydrogen) atoms. The number of nitrogens with two attached hydrogens (primary N) is 1. The van der Waals surface area contributed by atoms with Crippen LogP contribution in [0.1, 0.15) is 22.7 Å². The molecule has 0 fully saturated rings. The molecule has 0 amide bonds. The fraction of sp³-hybridized carbons (Fsp3) is 0.154. The molecule has 0 aliphatic rings. The van der Waals surface area contributed by atoms with Crippen molar-refractivity contribution in [2.45, 2.75) is 13.0 Å². The Bertz CT molecular complexity index is 499. The van der Waals surface area contributed by atoms with Crippen molar-refractivity contribution < 1.29 is 4.39 Å². The standard InChI is InChI=1S/C13H14FN3/c1-9-2-3-11(14)8-12(9)13(17-15)10-4-6-16-7-5-10/h2-8,13,17H,15H2,1H3. The second-order valence-corrected chi connectivity index (χ2v) is 3.88. The van der Waals surface area contributed by atoms with Gasteiger partial charge in [0.2, 0.25) is 0 Å². The largest absolute Gasteiger partial charge is 0.271 e. The first-order chi connectivity index (χ1) is 8.22. The third-order valence-electron chi connectivity index (χ3n) is 2.76. The molecule has 2 aromatic rings. The second-order valence-electron chi connectivity index (χ2n) is 3.88. The molecule has 1 atom stereocenters. The highest BCUT2D eigenvalue weighted by atomic mass is 19.1. The van der Waals surface area contributed by atoms with E-state index in [0.29, 0.717) is 0 Å². The molecule has 1 aromatic carbocycles. The van der Waals surface area contributed by atoms with Gasteiger partial charge in [-0.1, -0.05) is 6.07 Å². The van der Waals surface area contributed by atoms with Crippen LogP contribution in [-0.4, -0.2) is 4.98 Å². The van der Waals surface area contributed by atoms with Crippen molar-refractivity contribution in [1.29, 1.82) is 0 Å². The summed E-state index contributed by atoms with van der Waals surface area (Å²) < 4.78 is 13.3. The normalized spacial score (nSPS) is 12.4. The molecule has 2 rings (SSSR count). The Morgan fingerprint density at radius 2 is 1.94 bits per heavy atom.